The highest BCUT2D eigenvalue weighted by molar-refractivity contribution is 5.45. The van der Waals surface area contributed by atoms with Crippen LogP contribution >= 0.6 is 0 Å². The summed E-state index contributed by atoms with van der Waals surface area (Å²) in [6.45, 7) is 0. The van der Waals surface area contributed by atoms with Gasteiger partial charge >= 0.3 is 0 Å². The normalized spacial score (nSPS) is 24.6. The van der Waals surface area contributed by atoms with Gasteiger partial charge in [-0.1, -0.05) is 30.3 Å². The molecule has 0 fully saturated rings. The summed E-state index contributed by atoms with van der Waals surface area (Å²) >= 11 is 0. The average molecular weight is 272 g/mol. The van der Waals surface area contributed by atoms with E-state index in [4.69, 9.17) is 9.47 Å². The molecule has 20 heavy (non-hydrogen) atoms. The van der Waals surface area contributed by atoms with Gasteiger partial charge in [0.15, 0.2) is 6.10 Å². The Morgan fingerprint density at radius 3 is 2.50 bits per heavy atom. The molecule has 3 rings (SSSR count). The van der Waals surface area contributed by atoms with E-state index < -0.39 is 18.3 Å². The summed E-state index contributed by atoms with van der Waals surface area (Å²) in [7, 11) is 1.57. The van der Waals surface area contributed by atoms with Crippen LogP contribution in [0.5, 0.6) is 11.5 Å². The molecule has 1 aliphatic heterocycles. The number of ether oxygens (including phenoxy) is 2. The van der Waals surface area contributed by atoms with Crippen molar-refractivity contribution >= 4 is 0 Å². The van der Waals surface area contributed by atoms with Gasteiger partial charge in [-0.05, 0) is 17.7 Å². The van der Waals surface area contributed by atoms with Crippen LogP contribution < -0.4 is 9.47 Å². The van der Waals surface area contributed by atoms with E-state index in [0.717, 1.165) is 5.56 Å². The molecule has 0 saturated heterocycles. The lowest BCUT2D eigenvalue weighted by molar-refractivity contribution is -0.0700. The number of hydrogen-bond donors (Lipinski definition) is 2. The molecule has 1 aliphatic rings. The lowest BCUT2D eigenvalue weighted by Crippen LogP contribution is -2.34. The minimum absolute atomic E-state index is 0.538. The molecular formula is C16H16O4. The number of aliphatic hydroxyl groups excluding tert-OH is 2. The first-order valence-corrected chi connectivity index (χ1v) is 6.46. The maximum Gasteiger partial charge on any atom is 0.152 e. The summed E-state index contributed by atoms with van der Waals surface area (Å²) < 4.78 is 11.0. The van der Waals surface area contributed by atoms with Crippen LogP contribution in [-0.2, 0) is 0 Å². The van der Waals surface area contributed by atoms with E-state index >= 15 is 0 Å². The molecule has 0 aliphatic carbocycles. The molecule has 0 radical (unpaired) electrons. The second kappa shape index (κ2) is 5.15. The summed E-state index contributed by atoms with van der Waals surface area (Å²) in [5.41, 5.74) is 1.40. The van der Waals surface area contributed by atoms with E-state index in [2.05, 4.69) is 0 Å². The summed E-state index contributed by atoms with van der Waals surface area (Å²) in [6, 6.07) is 14.5. The summed E-state index contributed by atoms with van der Waals surface area (Å²) in [5.74, 6) is 1.19. The highest BCUT2D eigenvalue weighted by atomic mass is 16.5. The zero-order chi connectivity index (χ0) is 14.1. The van der Waals surface area contributed by atoms with Crippen LogP contribution in [0.25, 0.3) is 0 Å². The second-order valence-corrected chi connectivity index (χ2v) is 4.79. The maximum absolute atomic E-state index is 10.3. The van der Waals surface area contributed by atoms with Gasteiger partial charge in [0.25, 0.3) is 0 Å². The molecule has 3 atom stereocenters. The Hall–Kier alpha value is -2.04. The molecule has 2 aromatic carbocycles. The minimum atomic E-state index is -1.00. The number of fused-ring (bicyclic) bond motifs is 1. The fourth-order valence-corrected chi connectivity index (χ4v) is 2.45. The standard InChI is InChI=1S/C16H16O4/c1-19-11-7-8-12-13(9-11)20-16(15(18)14(12)17)10-5-3-2-4-6-10/h2-9,14-18H,1H3. The van der Waals surface area contributed by atoms with E-state index in [-0.39, 0.29) is 0 Å². The molecule has 0 spiro atoms. The van der Waals surface area contributed by atoms with Crippen molar-refractivity contribution in [3.8, 4) is 11.5 Å². The van der Waals surface area contributed by atoms with Gasteiger partial charge in [0, 0.05) is 11.6 Å². The van der Waals surface area contributed by atoms with E-state index in [1.165, 1.54) is 0 Å². The van der Waals surface area contributed by atoms with Crippen molar-refractivity contribution in [1.82, 2.24) is 0 Å². The number of benzene rings is 2. The van der Waals surface area contributed by atoms with Gasteiger partial charge in [-0.15, -0.1) is 0 Å². The minimum Gasteiger partial charge on any atom is -0.497 e. The van der Waals surface area contributed by atoms with Gasteiger partial charge < -0.3 is 19.7 Å². The van der Waals surface area contributed by atoms with E-state index in [1.54, 1.807) is 25.3 Å². The van der Waals surface area contributed by atoms with Crippen molar-refractivity contribution in [3.05, 3.63) is 59.7 Å². The van der Waals surface area contributed by atoms with Crippen molar-refractivity contribution in [2.24, 2.45) is 0 Å². The number of methoxy groups -OCH3 is 1. The largest absolute Gasteiger partial charge is 0.497 e. The first kappa shape index (κ1) is 13.0. The molecule has 0 aromatic heterocycles. The van der Waals surface area contributed by atoms with Crippen molar-refractivity contribution in [3.63, 3.8) is 0 Å². The smallest absolute Gasteiger partial charge is 0.152 e. The van der Waals surface area contributed by atoms with Gasteiger partial charge in [0.1, 0.15) is 23.7 Å². The number of aliphatic hydroxyl groups is 2. The predicted molar refractivity (Wildman–Crippen MR) is 73.8 cm³/mol. The zero-order valence-electron chi connectivity index (χ0n) is 11.1. The number of rotatable bonds is 2. The molecule has 104 valence electrons. The Balaban J connectivity index is 2.01. The third-order valence-electron chi connectivity index (χ3n) is 3.56. The van der Waals surface area contributed by atoms with Gasteiger partial charge in [0.2, 0.25) is 0 Å². The van der Waals surface area contributed by atoms with Gasteiger partial charge in [0.05, 0.1) is 7.11 Å². The lowest BCUT2D eigenvalue weighted by Gasteiger charge is -2.34. The predicted octanol–water partition coefficient (Wildman–Crippen LogP) is 2.22. The summed E-state index contributed by atoms with van der Waals surface area (Å²) in [5, 5.41) is 20.5. The maximum atomic E-state index is 10.3. The van der Waals surface area contributed by atoms with Crippen LogP contribution in [0.1, 0.15) is 23.3 Å². The molecule has 0 saturated carbocycles. The average Bonchev–Trinajstić information content (AvgIpc) is 2.51. The molecular weight excluding hydrogens is 256 g/mol. The molecule has 0 bridgehead atoms. The Morgan fingerprint density at radius 2 is 1.80 bits per heavy atom. The Bertz CT molecular complexity index is 597. The monoisotopic (exact) mass is 272 g/mol. The molecule has 4 nitrogen and oxygen atoms in total. The summed E-state index contributed by atoms with van der Waals surface area (Å²) in [6.07, 6.45) is -2.57. The second-order valence-electron chi connectivity index (χ2n) is 4.79. The highest BCUT2D eigenvalue weighted by Crippen LogP contribution is 2.42. The van der Waals surface area contributed by atoms with Crippen molar-refractivity contribution in [1.29, 1.82) is 0 Å². The number of hydrogen-bond acceptors (Lipinski definition) is 4. The van der Waals surface area contributed by atoms with Gasteiger partial charge in [-0.2, -0.15) is 0 Å². The molecule has 2 N–H and O–H groups in total. The fraction of sp³-hybridized carbons (Fsp3) is 0.250. The topological polar surface area (TPSA) is 58.9 Å². The lowest BCUT2D eigenvalue weighted by atomic mass is 9.92. The van der Waals surface area contributed by atoms with Crippen LogP contribution in [0.4, 0.5) is 0 Å². The van der Waals surface area contributed by atoms with E-state index in [0.29, 0.717) is 17.1 Å². The molecule has 2 aromatic rings. The quantitative estimate of drug-likeness (QED) is 0.880. The first-order chi connectivity index (χ1) is 9.70. The SMILES string of the molecule is COc1ccc2c(c1)OC(c1ccccc1)C(O)C2O. The molecule has 0 amide bonds. The molecule has 4 heteroatoms. The highest BCUT2D eigenvalue weighted by Gasteiger charge is 2.37. The molecule has 3 unspecified atom stereocenters. The third kappa shape index (κ3) is 2.13. The van der Waals surface area contributed by atoms with Crippen molar-refractivity contribution in [2.75, 3.05) is 7.11 Å². The van der Waals surface area contributed by atoms with Crippen LogP contribution in [0, 0.1) is 0 Å². The fourth-order valence-electron chi connectivity index (χ4n) is 2.45. The van der Waals surface area contributed by atoms with Crippen LogP contribution in [0.15, 0.2) is 48.5 Å². The van der Waals surface area contributed by atoms with E-state index in [1.807, 2.05) is 30.3 Å². The van der Waals surface area contributed by atoms with Crippen LogP contribution in [0.2, 0.25) is 0 Å². The zero-order valence-corrected chi connectivity index (χ0v) is 11.1. The van der Waals surface area contributed by atoms with Crippen LogP contribution in [-0.4, -0.2) is 23.4 Å². The Morgan fingerprint density at radius 1 is 1.05 bits per heavy atom. The first-order valence-electron chi connectivity index (χ1n) is 6.46. The Kier molecular flexibility index (Phi) is 3.34. The summed E-state index contributed by atoms with van der Waals surface area (Å²) in [4.78, 5) is 0. The third-order valence-corrected chi connectivity index (χ3v) is 3.56. The van der Waals surface area contributed by atoms with E-state index in [9.17, 15) is 10.2 Å². The van der Waals surface area contributed by atoms with Crippen molar-refractivity contribution in [2.45, 2.75) is 18.3 Å². The van der Waals surface area contributed by atoms with Crippen LogP contribution in [0.3, 0.4) is 0 Å². The van der Waals surface area contributed by atoms with Gasteiger partial charge in [-0.3, -0.25) is 0 Å². The molecule has 1 heterocycles. The van der Waals surface area contributed by atoms with Crippen molar-refractivity contribution < 1.29 is 19.7 Å². The van der Waals surface area contributed by atoms with Gasteiger partial charge in [-0.25, -0.2) is 0 Å². The Labute approximate surface area is 117 Å².